The summed E-state index contributed by atoms with van der Waals surface area (Å²) in [5.74, 6) is 0.507. The monoisotopic (exact) mass is 403 g/mol. The molecule has 28 heavy (non-hydrogen) atoms. The fourth-order valence-electron chi connectivity index (χ4n) is 2.59. The molecule has 2 aromatic rings. The summed E-state index contributed by atoms with van der Waals surface area (Å²) in [6.45, 7) is 11.7. The van der Waals surface area contributed by atoms with Crippen molar-refractivity contribution in [2.45, 2.75) is 58.2 Å². The molecule has 0 bridgehead atoms. The van der Waals surface area contributed by atoms with Crippen molar-refractivity contribution in [1.82, 2.24) is 25.4 Å². The molecule has 0 spiro atoms. The van der Waals surface area contributed by atoms with E-state index in [9.17, 15) is 9.59 Å². The molecule has 1 heterocycles. The lowest BCUT2D eigenvalue weighted by atomic mass is 9.87. The third-order valence-corrected chi connectivity index (χ3v) is 5.13. The average Bonchev–Trinajstić information content (AvgIpc) is 3.07. The highest BCUT2D eigenvalue weighted by atomic mass is 32.2. The molecule has 0 aliphatic heterocycles. The van der Waals surface area contributed by atoms with Crippen molar-refractivity contribution in [3.63, 3.8) is 0 Å². The predicted molar refractivity (Wildman–Crippen MR) is 112 cm³/mol. The zero-order valence-electron chi connectivity index (χ0n) is 17.2. The van der Waals surface area contributed by atoms with Gasteiger partial charge in [-0.3, -0.25) is 10.1 Å². The van der Waals surface area contributed by atoms with Gasteiger partial charge in [0, 0.05) is 18.7 Å². The lowest BCUT2D eigenvalue weighted by Gasteiger charge is -2.19. The van der Waals surface area contributed by atoms with E-state index >= 15 is 0 Å². The molecule has 152 valence electrons. The Hall–Kier alpha value is -2.35. The van der Waals surface area contributed by atoms with Gasteiger partial charge in [0.15, 0.2) is 11.0 Å². The van der Waals surface area contributed by atoms with Crippen molar-refractivity contribution in [1.29, 1.82) is 0 Å². The number of urea groups is 1. The maximum atomic E-state index is 11.9. The van der Waals surface area contributed by atoms with Crippen LogP contribution in [0.25, 0.3) is 11.4 Å². The van der Waals surface area contributed by atoms with E-state index in [2.05, 4.69) is 65.9 Å². The number of rotatable bonds is 7. The number of nitrogens with one attached hydrogen (secondary N) is 2. The van der Waals surface area contributed by atoms with Gasteiger partial charge in [0.1, 0.15) is 0 Å². The van der Waals surface area contributed by atoms with Gasteiger partial charge < -0.3 is 9.88 Å². The van der Waals surface area contributed by atoms with Gasteiger partial charge in [0.2, 0.25) is 5.91 Å². The third-order valence-electron chi connectivity index (χ3n) is 4.16. The van der Waals surface area contributed by atoms with Gasteiger partial charge in [-0.1, -0.05) is 63.7 Å². The molecular formula is C20H29N5O2S. The van der Waals surface area contributed by atoms with Crippen molar-refractivity contribution in [3.8, 4) is 11.4 Å². The second-order valence-electron chi connectivity index (χ2n) is 7.47. The van der Waals surface area contributed by atoms with E-state index in [1.165, 1.54) is 17.3 Å². The minimum absolute atomic E-state index is 0.0920. The van der Waals surface area contributed by atoms with Crippen LogP contribution in [0.5, 0.6) is 0 Å². The van der Waals surface area contributed by atoms with Crippen LogP contribution in [0.3, 0.4) is 0 Å². The quantitative estimate of drug-likeness (QED) is 0.690. The predicted octanol–water partition coefficient (Wildman–Crippen LogP) is 3.59. The maximum Gasteiger partial charge on any atom is 0.321 e. The molecule has 0 saturated heterocycles. The van der Waals surface area contributed by atoms with E-state index in [0.717, 1.165) is 17.8 Å². The SMILES string of the molecule is CCCNC(=O)NC(=O)CSc1nnc(-c2ccc(C(C)(C)C)cc2)n1CC. The molecule has 7 nitrogen and oxygen atoms in total. The van der Waals surface area contributed by atoms with E-state index in [1.54, 1.807) is 0 Å². The summed E-state index contributed by atoms with van der Waals surface area (Å²) in [5, 5.41) is 14.1. The molecule has 0 aliphatic rings. The number of carbonyl (C=O) groups is 2. The van der Waals surface area contributed by atoms with E-state index in [4.69, 9.17) is 0 Å². The van der Waals surface area contributed by atoms with Crippen LogP contribution < -0.4 is 10.6 Å². The Kier molecular flexibility index (Phi) is 7.62. The van der Waals surface area contributed by atoms with Crippen LogP contribution in [0, 0.1) is 0 Å². The largest absolute Gasteiger partial charge is 0.338 e. The maximum absolute atomic E-state index is 11.9. The molecule has 0 saturated carbocycles. The first kappa shape index (κ1) is 21.9. The first-order valence-electron chi connectivity index (χ1n) is 9.50. The normalized spacial score (nSPS) is 11.3. The lowest BCUT2D eigenvalue weighted by Crippen LogP contribution is -2.40. The van der Waals surface area contributed by atoms with Crippen molar-refractivity contribution in [2.75, 3.05) is 12.3 Å². The number of hydrogen-bond donors (Lipinski definition) is 2. The standard InChI is InChI=1S/C20H29N5O2S/c1-6-12-21-18(27)22-16(26)13-28-19-24-23-17(25(19)7-2)14-8-10-15(11-9-14)20(3,4)5/h8-11H,6-7,12-13H2,1-5H3,(H2,21,22,26,27). The number of benzene rings is 1. The van der Waals surface area contributed by atoms with Crippen LogP contribution >= 0.6 is 11.8 Å². The van der Waals surface area contributed by atoms with Gasteiger partial charge in [-0.05, 0) is 24.3 Å². The average molecular weight is 404 g/mol. The number of carbonyl (C=O) groups excluding carboxylic acids is 2. The zero-order valence-corrected chi connectivity index (χ0v) is 18.0. The first-order chi connectivity index (χ1) is 13.3. The summed E-state index contributed by atoms with van der Waals surface area (Å²) in [7, 11) is 0. The molecule has 0 fully saturated rings. The Bertz CT molecular complexity index is 809. The molecule has 2 rings (SSSR count). The van der Waals surface area contributed by atoms with Gasteiger partial charge in [0.25, 0.3) is 0 Å². The number of imide groups is 1. The van der Waals surface area contributed by atoms with Gasteiger partial charge >= 0.3 is 6.03 Å². The van der Waals surface area contributed by atoms with Crippen molar-refractivity contribution < 1.29 is 9.59 Å². The summed E-state index contributed by atoms with van der Waals surface area (Å²) in [5.41, 5.74) is 2.33. The van der Waals surface area contributed by atoms with Gasteiger partial charge in [-0.25, -0.2) is 4.79 Å². The van der Waals surface area contributed by atoms with Crippen LogP contribution in [0.4, 0.5) is 4.79 Å². The summed E-state index contributed by atoms with van der Waals surface area (Å²) in [6.07, 6.45) is 0.815. The number of amides is 3. The van der Waals surface area contributed by atoms with Crippen LogP contribution in [-0.4, -0.2) is 39.0 Å². The molecule has 1 aromatic carbocycles. The molecule has 0 atom stereocenters. The Morgan fingerprint density at radius 2 is 1.79 bits per heavy atom. The number of hydrogen-bond acceptors (Lipinski definition) is 5. The zero-order chi connectivity index (χ0) is 20.7. The molecule has 3 amide bonds. The molecule has 8 heteroatoms. The first-order valence-corrected chi connectivity index (χ1v) is 10.5. The molecule has 2 N–H and O–H groups in total. The van der Waals surface area contributed by atoms with Gasteiger partial charge in [-0.15, -0.1) is 10.2 Å². The molecular weight excluding hydrogens is 374 g/mol. The van der Waals surface area contributed by atoms with Gasteiger partial charge in [0.05, 0.1) is 5.75 Å². The van der Waals surface area contributed by atoms with E-state index < -0.39 is 6.03 Å². The molecule has 0 unspecified atom stereocenters. The van der Waals surface area contributed by atoms with Crippen molar-refractivity contribution >= 4 is 23.7 Å². The third kappa shape index (κ3) is 5.82. The number of aromatic nitrogens is 3. The lowest BCUT2D eigenvalue weighted by molar-refractivity contribution is -0.117. The summed E-state index contributed by atoms with van der Waals surface area (Å²) in [6, 6.07) is 7.86. The highest BCUT2D eigenvalue weighted by Crippen LogP contribution is 2.27. The topological polar surface area (TPSA) is 88.9 Å². The summed E-state index contributed by atoms with van der Waals surface area (Å²) >= 11 is 1.27. The smallest absolute Gasteiger partial charge is 0.321 e. The molecule has 1 aromatic heterocycles. The van der Waals surface area contributed by atoms with E-state index in [0.29, 0.717) is 18.2 Å². The Morgan fingerprint density at radius 1 is 1.11 bits per heavy atom. The number of nitrogens with zero attached hydrogens (tertiary/aromatic N) is 3. The van der Waals surface area contributed by atoms with Crippen molar-refractivity contribution in [3.05, 3.63) is 29.8 Å². The highest BCUT2D eigenvalue weighted by molar-refractivity contribution is 7.99. The van der Waals surface area contributed by atoms with Crippen LogP contribution in [0.1, 0.15) is 46.6 Å². The van der Waals surface area contributed by atoms with E-state index in [-0.39, 0.29) is 17.1 Å². The fraction of sp³-hybridized carbons (Fsp3) is 0.500. The fourth-order valence-corrected chi connectivity index (χ4v) is 3.39. The van der Waals surface area contributed by atoms with Gasteiger partial charge in [-0.2, -0.15) is 0 Å². The summed E-state index contributed by atoms with van der Waals surface area (Å²) < 4.78 is 1.97. The number of thioether (sulfide) groups is 1. The van der Waals surface area contributed by atoms with Crippen LogP contribution in [0.2, 0.25) is 0 Å². The minimum atomic E-state index is -0.468. The minimum Gasteiger partial charge on any atom is -0.338 e. The molecule has 0 aliphatic carbocycles. The van der Waals surface area contributed by atoms with Crippen LogP contribution in [0.15, 0.2) is 29.4 Å². The second kappa shape index (κ2) is 9.73. The second-order valence-corrected chi connectivity index (χ2v) is 8.41. The van der Waals surface area contributed by atoms with E-state index in [1.807, 2.05) is 18.4 Å². The Morgan fingerprint density at radius 3 is 2.36 bits per heavy atom. The van der Waals surface area contributed by atoms with Crippen LogP contribution in [-0.2, 0) is 16.8 Å². The summed E-state index contributed by atoms with van der Waals surface area (Å²) in [4.78, 5) is 23.5. The van der Waals surface area contributed by atoms with Crippen molar-refractivity contribution in [2.24, 2.45) is 0 Å². The Labute approximate surface area is 170 Å². The molecule has 0 radical (unpaired) electrons. The Balaban J connectivity index is 2.05. The highest BCUT2D eigenvalue weighted by Gasteiger charge is 2.17.